The van der Waals surface area contributed by atoms with Crippen LogP contribution in [0.1, 0.15) is 29.4 Å². The highest BCUT2D eigenvalue weighted by Gasteiger charge is 2.24. The van der Waals surface area contributed by atoms with Crippen LogP contribution in [0.15, 0.2) is 0 Å². The fourth-order valence-electron chi connectivity index (χ4n) is 1.54. The molecule has 0 fully saturated rings. The molecule has 1 rings (SSSR count). The lowest BCUT2D eigenvalue weighted by Gasteiger charge is -2.16. The third-order valence-corrected chi connectivity index (χ3v) is 3.82. The van der Waals surface area contributed by atoms with Crippen molar-refractivity contribution in [1.29, 1.82) is 0 Å². The summed E-state index contributed by atoms with van der Waals surface area (Å²) in [6.07, 6.45) is 0.907. The lowest BCUT2D eigenvalue weighted by molar-refractivity contribution is 0.0782. The zero-order valence-electron chi connectivity index (χ0n) is 11.3. The number of aliphatic hydroxyl groups is 1. The van der Waals surface area contributed by atoms with Crippen LogP contribution >= 0.6 is 11.3 Å². The first-order valence-electron chi connectivity index (χ1n) is 5.69. The SMILES string of the molecule is COCc1nc(CCN(C)C)sc1C(C)(C)O. The summed E-state index contributed by atoms with van der Waals surface area (Å²) in [4.78, 5) is 7.58. The fourth-order valence-corrected chi connectivity index (χ4v) is 2.60. The molecule has 0 saturated heterocycles. The van der Waals surface area contributed by atoms with Gasteiger partial charge in [-0.25, -0.2) is 4.98 Å². The van der Waals surface area contributed by atoms with Gasteiger partial charge in [-0.3, -0.25) is 0 Å². The van der Waals surface area contributed by atoms with Gasteiger partial charge in [-0.2, -0.15) is 0 Å². The Morgan fingerprint density at radius 2 is 2.06 bits per heavy atom. The van der Waals surface area contributed by atoms with E-state index in [0.717, 1.165) is 28.5 Å². The van der Waals surface area contributed by atoms with E-state index in [1.165, 1.54) is 0 Å². The summed E-state index contributed by atoms with van der Waals surface area (Å²) in [5, 5.41) is 11.1. The van der Waals surface area contributed by atoms with E-state index in [4.69, 9.17) is 4.74 Å². The predicted molar refractivity (Wildman–Crippen MR) is 70.3 cm³/mol. The van der Waals surface area contributed by atoms with Crippen LogP contribution in [0.5, 0.6) is 0 Å². The van der Waals surface area contributed by atoms with Crippen molar-refractivity contribution in [2.24, 2.45) is 0 Å². The van der Waals surface area contributed by atoms with Crippen LogP contribution in [-0.2, 0) is 23.4 Å². The quantitative estimate of drug-likeness (QED) is 0.842. The first kappa shape index (κ1) is 14.6. The van der Waals surface area contributed by atoms with Gasteiger partial charge in [0, 0.05) is 20.1 Å². The Morgan fingerprint density at radius 1 is 1.41 bits per heavy atom. The van der Waals surface area contributed by atoms with Crippen molar-refractivity contribution >= 4 is 11.3 Å². The molecule has 4 nitrogen and oxygen atoms in total. The molecule has 0 unspecified atom stereocenters. The van der Waals surface area contributed by atoms with Gasteiger partial charge in [0.15, 0.2) is 0 Å². The summed E-state index contributed by atoms with van der Waals surface area (Å²) >= 11 is 1.58. The molecule has 0 aliphatic heterocycles. The number of hydrogen-bond acceptors (Lipinski definition) is 5. The van der Waals surface area contributed by atoms with Gasteiger partial charge in [0.25, 0.3) is 0 Å². The molecule has 0 bridgehead atoms. The number of nitrogens with zero attached hydrogens (tertiary/aromatic N) is 2. The monoisotopic (exact) mass is 258 g/mol. The highest BCUT2D eigenvalue weighted by Crippen LogP contribution is 2.30. The zero-order valence-corrected chi connectivity index (χ0v) is 12.1. The van der Waals surface area contributed by atoms with E-state index in [2.05, 4.69) is 9.88 Å². The van der Waals surface area contributed by atoms with E-state index in [-0.39, 0.29) is 0 Å². The molecule has 1 aromatic rings. The molecule has 0 amide bonds. The van der Waals surface area contributed by atoms with E-state index in [9.17, 15) is 5.11 Å². The smallest absolute Gasteiger partial charge is 0.0951 e. The average molecular weight is 258 g/mol. The fraction of sp³-hybridized carbons (Fsp3) is 0.750. The van der Waals surface area contributed by atoms with Crippen LogP contribution < -0.4 is 0 Å². The van der Waals surface area contributed by atoms with Crippen LogP contribution in [0.3, 0.4) is 0 Å². The van der Waals surface area contributed by atoms with Gasteiger partial charge >= 0.3 is 0 Å². The van der Waals surface area contributed by atoms with Crippen molar-refractivity contribution in [3.63, 3.8) is 0 Å². The van der Waals surface area contributed by atoms with Crippen LogP contribution in [-0.4, -0.2) is 42.7 Å². The number of methoxy groups -OCH3 is 1. The maximum absolute atomic E-state index is 10.1. The van der Waals surface area contributed by atoms with Gasteiger partial charge in [0.05, 0.1) is 27.8 Å². The molecule has 1 heterocycles. The van der Waals surface area contributed by atoms with E-state index in [0.29, 0.717) is 6.61 Å². The van der Waals surface area contributed by atoms with Crippen LogP contribution in [0.2, 0.25) is 0 Å². The second-order valence-corrected chi connectivity index (χ2v) is 6.01. The molecule has 0 radical (unpaired) electrons. The van der Waals surface area contributed by atoms with Gasteiger partial charge in [-0.1, -0.05) is 0 Å². The Balaban J connectivity index is 2.88. The minimum atomic E-state index is -0.845. The van der Waals surface area contributed by atoms with Crippen molar-refractivity contribution < 1.29 is 9.84 Å². The highest BCUT2D eigenvalue weighted by atomic mass is 32.1. The topological polar surface area (TPSA) is 45.6 Å². The molecule has 1 aromatic heterocycles. The lowest BCUT2D eigenvalue weighted by atomic mass is 10.1. The van der Waals surface area contributed by atoms with Gasteiger partial charge < -0.3 is 14.7 Å². The summed E-state index contributed by atoms with van der Waals surface area (Å²) < 4.78 is 5.13. The van der Waals surface area contributed by atoms with Crippen molar-refractivity contribution in [2.75, 3.05) is 27.7 Å². The molecule has 0 aliphatic rings. The van der Waals surface area contributed by atoms with E-state index in [1.54, 1.807) is 32.3 Å². The molecule has 1 N–H and O–H groups in total. The average Bonchev–Trinajstić information content (AvgIpc) is 2.58. The first-order valence-corrected chi connectivity index (χ1v) is 6.51. The van der Waals surface area contributed by atoms with Crippen molar-refractivity contribution in [3.05, 3.63) is 15.6 Å². The largest absolute Gasteiger partial charge is 0.385 e. The normalized spacial score (nSPS) is 12.4. The minimum Gasteiger partial charge on any atom is -0.385 e. The van der Waals surface area contributed by atoms with Gasteiger partial charge in [0.1, 0.15) is 0 Å². The first-order chi connectivity index (χ1) is 7.84. The second kappa shape index (κ2) is 5.91. The lowest BCUT2D eigenvalue weighted by Crippen LogP contribution is -2.16. The zero-order chi connectivity index (χ0) is 13.1. The Morgan fingerprint density at radius 3 is 2.53 bits per heavy atom. The number of rotatable bonds is 6. The number of hydrogen-bond donors (Lipinski definition) is 1. The highest BCUT2D eigenvalue weighted by molar-refractivity contribution is 7.11. The van der Waals surface area contributed by atoms with Crippen LogP contribution in [0.4, 0.5) is 0 Å². The Labute approximate surface area is 107 Å². The number of thiazole rings is 1. The number of likely N-dealkylation sites (N-methyl/N-ethyl adjacent to an activating group) is 1. The van der Waals surface area contributed by atoms with Gasteiger partial charge in [-0.05, 0) is 27.9 Å². The third-order valence-electron chi connectivity index (χ3n) is 2.35. The Kier molecular flexibility index (Phi) is 5.06. The molecule has 98 valence electrons. The Bertz CT molecular complexity index is 356. The van der Waals surface area contributed by atoms with Crippen LogP contribution in [0, 0.1) is 0 Å². The molecular formula is C12H22N2O2S. The predicted octanol–water partition coefficient (Wildman–Crippen LogP) is 1.62. The molecule has 0 aliphatic carbocycles. The minimum absolute atomic E-state index is 0.456. The van der Waals surface area contributed by atoms with Gasteiger partial charge in [-0.15, -0.1) is 11.3 Å². The third kappa shape index (κ3) is 4.35. The molecule has 0 saturated carbocycles. The van der Waals surface area contributed by atoms with Crippen LogP contribution in [0.25, 0.3) is 0 Å². The number of ether oxygens (including phenoxy) is 1. The molecule has 5 heteroatoms. The summed E-state index contributed by atoms with van der Waals surface area (Å²) in [6.45, 7) is 4.99. The van der Waals surface area contributed by atoms with E-state index >= 15 is 0 Å². The number of aromatic nitrogens is 1. The van der Waals surface area contributed by atoms with Crippen molar-refractivity contribution in [1.82, 2.24) is 9.88 Å². The maximum Gasteiger partial charge on any atom is 0.0951 e. The molecule has 0 atom stereocenters. The standard InChI is InChI=1S/C12H22N2O2S/c1-12(2,15)11-9(8-16-5)13-10(17-11)6-7-14(3)4/h15H,6-8H2,1-5H3. The summed E-state index contributed by atoms with van der Waals surface area (Å²) in [7, 11) is 5.73. The van der Waals surface area contributed by atoms with E-state index in [1.807, 2.05) is 14.1 Å². The molecule has 17 heavy (non-hydrogen) atoms. The van der Waals surface area contributed by atoms with Crippen molar-refractivity contribution in [2.45, 2.75) is 32.5 Å². The molecule has 0 spiro atoms. The summed E-state index contributed by atoms with van der Waals surface area (Å²) in [5.41, 5.74) is 0.0146. The molecular weight excluding hydrogens is 236 g/mol. The van der Waals surface area contributed by atoms with E-state index < -0.39 is 5.60 Å². The Hall–Kier alpha value is -0.490. The summed E-state index contributed by atoms with van der Waals surface area (Å²) in [6, 6.07) is 0. The maximum atomic E-state index is 10.1. The molecule has 0 aromatic carbocycles. The van der Waals surface area contributed by atoms with Gasteiger partial charge in [0.2, 0.25) is 0 Å². The summed E-state index contributed by atoms with van der Waals surface area (Å²) in [5.74, 6) is 0. The van der Waals surface area contributed by atoms with Crippen molar-refractivity contribution in [3.8, 4) is 0 Å². The second-order valence-electron chi connectivity index (χ2n) is 4.93.